The van der Waals surface area contributed by atoms with Crippen molar-refractivity contribution in [3.63, 3.8) is 0 Å². The molecule has 0 unspecified atom stereocenters. The predicted octanol–water partition coefficient (Wildman–Crippen LogP) is 4.32. The van der Waals surface area contributed by atoms with Crippen LogP contribution in [0.4, 0.5) is 5.69 Å². The Labute approximate surface area is 175 Å². The van der Waals surface area contributed by atoms with Crippen molar-refractivity contribution in [2.24, 2.45) is 5.10 Å². The number of hydrogen-bond acceptors (Lipinski definition) is 5. The molecule has 5 rings (SSSR count). The molecule has 1 heterocycles. The highest BCUT2D eigenvalue weighted by Crippen LogP contribution is 2.46. The number of nitrogens with zero attached hydrogens (tertiary/aromatic N) is 4. The first-order valence-corrected chi connectivity index (χ1v) is 10.2. The summed E-state index contributed by atoms with van der Waals surface area (Å²) in [5, 5.41) is 17.4. The maximum Gasteiger partial charge on any atom is 0.269 e. The molecule has 30 heavy (non-hydrogen) atoms. The largest absolute Gasteiger partial charge is 0.294 e. The quantitative estimate of drug-likeness (QED) is 0.373. The molecule has 150 valence electrons. The molecule has 1 aliphatic heterocycles. The number of fused-ring (bicyclic) bond motifs is 3. The van der Waals surface area contributed by atoms with E-state index in [1.807, 2.05) is 0 Å². The van der Waals surface area contributed by atoms with E-state index in [2.05, 4.69) is 63.5 Å². The van der Waals surface area contributed by atoms with Gasteiger partial charge in [0.25, 0.3) is 5.69 Å². The number of benzene rings is 3. The summed E-state index contributed by atoms with van der Waals surface area (Å²) in [6, 6.07) is 24.2. The molecular weight excluding hydrogens is 376 g/mol. The molecule has 1 saturated heterocycles. The Kier molecular flexibility index (Phi) is 4.77. The summed E-state index contributed by atoms with van der Waals surface area (Å²) in [5.41, 5.74) is 6.43. The van der Waals surface area contributed by atoms with E-state index in [4.69, 9.17) is 0 Å². The van der Waals surface area contributed by atoms with Gasteiger partial charge in [0, 0.05) is 38.3 Å². The van der Waals surface area contributed by atoms with E-state index in [1.165, 1.54) is 34.4 Å². The van der Waals surface area contributed by atoms with Gasteiger partial charge in [0.2, 0.25) is 0 Å². The maximum absolute atomic E-state index is 10.8. The highest BCUT2D eigenvalue weighted by molar-refractivity contribution is 5.80. The summed E-state index contributed by atoms with van der Waals surface area (Å²) < 4.78 is 0. The van der Waals surface area contributed by atoms with E-state index in [0.717, 1.165) is 31.7 Å². The summed E-state index contributed by atoms with van der Waals surface area (Å²) >= 11 is 0. The third-order valence-electron chi connectivity index (χ3n) is 5.93. The molecule has 0 amide bonds. The lowest BCUT2D eigenvalue weighted by Gasteiger charge is -2.37. The van der Waals surface area contributed by atoms with Crippen LogP contribution in [0.3, 0.4) is 0 Å². The molecule has 2 aliphatic rings. The van der Waals surface area contributed by atoms with E-state index >= 15 is 0 Å². The number of hydrazone groups is 1. The smallest absolute Gasteiger partial charge is 0.269 e. The minimum Gasteiger partial charge on any atom is -0.294 e. The predicted molar refractivity (Wildman–Crippen MR) is 118 cm³/mol. The third-order valence-corrected chi connectivity index (χ3v) is 5.93. The Balaban J connectivity index is 1.28. The molecular formula is C24H22N4O2. The van der Waals surface area contributed by atoms with Gasteiger partial charge in [-0.25, -0.2) is 0 Å². The van der Waals surface area contributed by atoms with Gasteiger partial charge < -0.3 is 0 Å². The van der Waals surface area contributed by atoms with Crippen LogP contribution in [0.1, 0.15) is 22.7 Å². The zero-order valence-electron chi connectivity index (χ0n) is 16.5. The Morgan fingerprint density at radius 1 is 0.833 bits per heavy atom. The van der Waals surface area contributed by atoms with Crippen LogP contribution in [-0.2, 0) is 0 Å². The van der Waals surface area contributed by atoms with E-state index in [0.29, 0.717) is 6.04 Å². The fourth-order valence-electron chi connectivity index (χ4n) is 4.44. The van der Waals surface area contributed by atoms with Crippen LogP contribution >= 0.6 is 0 Å². The van der Waals surface area contributed by atoms with Gasteiger partial charge in [-0.15, -0.1) is 0 Å². The lowest BCUT2D eigenvalue weighted by molar-refractivity contribution is -0.384. The lowest BCUT2D eigenvalue weighted by Crippen LogP contribution is -2.45. The standard InChI is InChI=1S/C24H22N4O2/c29-28(30)19-11-9-18(10-12-19)17-25-27-15-13-26(14-16-27)24-22-7-3-1-5-20(22)21-6-2-4-8-23(21)24/h1-12,17,24H,13-16H2/b25-17-. The van der Waals surface area contributed by atoms with Crippen molar-refractivity contribution in [2.75, 3.05) is 26.2 Å². The molecule has 0 N–H and O–H groups in total. The third kappa shape index (κ3) is 3.35. The monoisotopic (exact) mass is 398 g/mol. The second-order valence-electron chi connectivity index (χ2n) is 7.66. The minimum absolute atomic E-state index is 0.0953. The molecule has 6 heteroatoms. The molecule has 6 nitrogen and oxygen atoms in total. The Bertz CT molecular complexity index is 1060. The van der Waals surface area contributed by atoms with Gasteiger partial charge in [-0.1, -0.05) is 48.5 Å². The molecule has 0 radical (unpaired) electrons. The molecule has 0 aromatic heterocycles. The first-order chi connectivity index (χ1) is 14.7. The van der Waals surface area contributed by atoms with Gasteiger partial charge in [-0.05, 0) is 39.9 Å². The highest BCUT2D eigenvalue weighted by atomic mass is 16.6. The summed E-state index contributed by atoms with van der Waals surface area (Å²) in [6.45, 7) is 3.57. The first-order valence-electron chi connectivity index (χ1n) is 10.2. The van der Waals surface area contributed by atoms with Crippen LogP contribution < -0.4 is 0 Å². The number of non-ortho nitro benzene ring substituents is 1. The van der Waals surface area contributed by atoms with Gasteiger partial charge >= 0.3 is 0 Å². The van der Waals surface area contributed by atoms with Gasteiger partial charge in [0.05, 0.1) is 17.2 Å². The lowest BCUT2D eigenvalue weighted by atomic mass is 10.0. The van der Waals surface area contributed by atoms with Crippen molar-refractivity contribution in [1.82, 2.24) is 9.91 Å². The Hall–Kier alpha value is -3.51. The summed E-state index contributed by atoms with van der Waals surface area (Å²) in [7, 11) is 0. The summed E-state index contributed by atoms with van der Waals surface area (Å²) in [6.07, 6.45) is 1.78. The summed E-state index contributed by atoms with van der Waals surface area (Å²) in [5.74, 6) is 0. The molecule has 0 spiro atoms. The van der Waals surface area contributed by atoms with Crippen molar-refractivity contribution in [3.8, 4) is 11.1 Å². The number of nitro groups is 1. The van der Waals surface area contributed by atoms with Crippen LogP contribution in [0, 0.1) is 10.1 Å². The van der Waals surface area contributed by atoms with Crippen LogP contribution in [0.5, 0.6) is 0 Å². The van der Waals surface area contributed by atoms with Crippen molar-refractivity contribution in [1.29, 1.82) is 0 Å². The highest BCUT2D eigenvalue weighted by Gasteiger charge is 2.33. The zero-order chi connectivity index (χ0) is 20.5. The SMILES string of the molecule is O=[N+]([O-])c1ccc(/C=N\N2CCN(C3c4ccccc4-c4ccccc43)CC2)cc1. The first kappa shape index (κ1) is 18.5. The van der Waals surface area contributed by atoms with Crippen molar-refractivity contribution < 1.29 is 4.92 Å². The van der Waals surface area contributed by atoms with Crippen molar-refractivity contribution in [3.05, 3.63) is 99.6 Å². The topological polar surface area (TPSA) is 62.0 Å². The second kappa shape index (κ2) is 7.72. The van der Waals surface area contributed by atoms with Gasteiger partial charge in [-0.2, -0.15) is 5.10 Å². The van der Waals surface area contributed by atoms with Gasteiger partial charge in [-0.3, -0.25) is 20.0 Å². The van der Waals surface area contributed by atoms with E-state index < -0.39 is 0 Å². The zero-order valence-corrected chi connectivity index (χ0v) is 16.5. The Morgan fingerprint density at radius 3 is 1.97 bits per heavy atom. The maximum atomic E-state index is 10.8. The summed E-state index contributed by atoms with van der Waals surface area (Å²) in [4.78, 5) is 12.9. The molecule has 1 fully saturated rings. The number of piperazine rings is 1. The molecule has 0 saturated carbocycles. The molecule has 0 atom stereocenters. The van der Waals surface area contributed by atoms with Crippen molar-refractivity contribution >= 4 is 11.9 Å². The van der Waals surface area contributed by atoms with Crippen LogP contribution in [0.2, 0.25) is 0 Å². The van der Waals surface area contributed by atoms with Crippen LogP contribution in [0.15, 0.2) is 77.9 Å². The number of nitro benzene ring substituents is 1. The Morgan fingerprint density at radius 2 is 1.40 bits per heavy atom. The fourth-order valence-corrected chi connectivity index (χ4v) is 4.44. The number of rotatable bonds is 4. The van der Waals surface area contributed by atoms with Crippen LogP contribution in [0.25, 0.3) is 11.1 Å². The van der Waals surface area contributed by atoms with Crippen LogP contribution in [-0.4, -0.2) is 47.2 Å². The fraction of sp³-hybridized carbons (Fsp3) is 0.208. The average molecular weight is 398 g/mol. The number of hydrogen-bond donors (Lipinski definition) is 0. The molecule has 1 aliphatic carbocycles. The molecule has 3 aromatic carbocycles. The van der Waals surface area contributed by atoms with Gasteiger partial charge in [0.15, 0.2) is 0 Å². The molecule has 0 bridgehead atoms. The average Bonchev–Trinajstić information content (AvgIpc) is 3.13. The van der Waals surface area contributed by atoms with Crippen molar-refractivity contribution in [2.45, 2.75) is 6.04 Å². The molecule has 3 aromatic rings. The normalized spacial score (nSPS) is 16.6. The van der Waals surface area contributed by atoms with E-state index in [1.54, 1.807) is 18.3 Å². The minimum atomic E-state index is -0.389. The van der Waals surface area contributed by atoms with E-state index in [9.17, 15) is 10.1 Å². The van der Waals surface area contributed by atoms with E-state index in [-0.39, 0.29) is 10.6 Å². The second-order valence-corrected chi connectivity index (χ2v) is 7.66. The van der Waals surface area contributed by atoms with Gasteiger partial charge in [0.1, 0.15) is 0 Å².